The molecule has 1 saturated heterocycles. The van der Waals surface area contributed by atoms with Crippen molar-refractivity contribution in [2.75, 3.05) is 26.8 Å². The summed E-state index contributed by atoms with van der Waals surface area (Å²) in [5.74, 6) is 0.219. The summed E-state index contributed by atoms with van der Waals surface area (Å²) in [5.41, 5.74) is 0. The van der Waals surface area contributed by atoms with Gasteiger partial charge in [-0.15, -0.1) is 0 Å². The molecule has 0 aromatic heterocycles. The highest BCUT2D eigenvalue weighted by Gasteiger charge is 2.30. The van der Waals surface area contributed by atoms with Crippen LogP contribution in [0.2, 0.25) is 0 Å². The van der Waals surface area contributed by atoms with Crippen LogP contribution in [0.5, 0.6) is 0 Å². The molecule has 1 fully saturated rings. The monoisotopic (exact) mass is 270 g/mol. The standard InChI is InChI=1S/C14H26N2O3/c1-11(17)10-13-6-4-5-8-16(13)12(2)14(18)15-7-9-19-3/h12-13H,4-10H2,1-3H3,(H,15,18). The molecule has 5 nitrogen and oxygen atoms in total. The number of hydrogen-bond acceptors (Lipinski definition) is 4. The van der Waals surface area contributed by atoms with Crippen molar-refractivity contribution in [3.63, 3.8) is 0 Å². The van der Waals surface area contributed by atoms with Gasteiger partial charge in [0.2, 0.25) is 5.91 Å². The van der Waals surface area contributed by atoms with E-state index in [9.17, 15) is 9.59 Å². The Bertz CT molecular complexity index is 307. The summed E-state index contributed by atoms with van der Waals surface area (Å²) in [6, 6.07) is 0.0379. The van der Waals surface area contributed by atoms with Crippen molar-refractivity contribution in [1.29, 1.82) is 0 Å². The third-order valence-corrected chi connectivity index (χ3v) is 3.68. The molecule has 1 aliphatic heterocycles. The number of nitrogens with zero attached hydrogens (tertiary/aromatic N) is 1. The predicted octanol–water partition coefficient (Wildman–Crippen LogP) is 0.971. The first-order valence-electron chi connectivity index (χ1n) is 7.08. The molecule has 0 saturated carbocycles. The number of hydrogen-bond donors (Lipinski definition) is 1. The van der Waals surface area contributed by atoms with E-state index in [1.54, 1.807) is 14.0 Å². The summed E-state index contributed by atoms with van der Waals surface area (Å²) >= 11 is 0. The summed E-state index contributed by atoms with van der Waals surface area (Å²) in [4.78, 5) is 25.5. The molecule has 19 heavy (non-hydrogen) atoms. The maximum absolute atomic E-state index is 12.1. The molecule has 0 aromatic rings. The molecule has 2 atom stereocenters. The second-order valence-electron chi connectivity index (χ2n) is 5.25. The highest BCUT2D eigenvalue weighted by Crippen LogP contribution is 2.22. The third-order valence-electron chi connectivity index (χ3n) is 3.68. The zero-order valence-corrected chi connectivity index (χ0v) is 12.3. The van der Waals surface area contributed by atoms with Gasteiger partial charge in [-0.25, -0.2) is 0 Å². The van der Waals surface area contributed by atoms with E-state index in [0.29, 0.717) is 19.6 Å². The fourth-order valence-corrected chi connectivity index (χ4v) is 2.66. The van der Waals surface area contributed by atoms with Gasteiger partial charge in [0.15, 0.2) is 0 Å². The minimum absolute atomic E-state index is 0.0208. The van der Waals surface area contributed by atoms with Crippen LogP contribution in [0.25, 0.3) is 0 Å². The Morgan fingerprint density at radius 2 is 2.16 bits per heavy atom. The predicted molar refractivity (Wildman–Crippen MR) is 74.0 cm³/mol. The van der Waals surface area contributed by atoms with Crippen molar-refractivity contribution >= 4 is 11.7 Å². The summed E-state index contributed by atoms with van der Waals surface area (Å²) < 4.78 is 4.92. The third kappa shape index (κ3) is 5.28. The second kappa shape index (κ2) is 8.27. The first kappa shape index (κ1) is 16.1. The normalized spacial score (nSPS) is 21.9. The van der Waals surface area contributed by atoms with E-state index >= 15 is 0 Å². The number of Topliss-reactive ketones (excluding diaryl/α,β-unsaturated/α-hetero) is 1. The van der Waals surface area contributed by atoms with Gasteiger partial charge in [-0.1, -0.05) is 6.42 Å². The second-order valence-corrected chi connectivity index (χ2v) is 5.25. The molecule has 1 rings (SSSR count). The Balaban J connectivity index is 2.53. The van der Waals surface area contributed by atoms with Crippen LogP contribution in [0, 0.1) is 0 Å². The average molecular weight is 270 g/mol. The van der Waals surface area contributed by atoms with Crippen LogP contribution < -0.4 is 5.32 Å². The van der Waals surface area contributed by atoms with Crippen LogP contribution in [0.15, 0.2) is 0 Å². The van der Waals surface area contributed by atoms with Crippen LogP contribution >= 0.6 is 0 Å². The summed E-state index contributed by atoms with van der Waals surface area (Å²) in [6.07, 6.45) is 3.81. The molecule has 2 unspecified atom stereocenters. The fraction of sp³-hybridized carbons (Fsp3) is 0.857. The smallest absolute Gasteiger partial charge is 0.237 e. The van der Waals surface area contributed by atoms with Crippen molar-refractivity contribution in [3.05, 3.63) is 0 Å². The van der Waals surface area contributed by atoms with E-state index in [0.717, 1.165) is 25.8 Å². The van der Waals surface area contributed by atoms with Gasteiger partial charge < -0.3 is 10.1 Å². The summed E-state index contributed by atoms with van der Waals surface area (Å²) in [5, 5.41) is 2.86. The van der Waals surface area contributed by atoms with Gasteiger partial charge in [-0.05, 0) is 33.2 Å². The topological polar surface area (TPSA) is 58.6 Å². The zero-order chi connectivity index (χ0) is 14.3. The maximum atomic E-state index is 12.1. The Labute approximate surface area is 115 Å². The first-order chi connectivity index (χ1) is 9.06. The van der Waals surface area contributed by atoms with Crippen LogP contribution in [0.1, 0.15) is 39.5 Å². The van der Waals surface area contributed by atoms with Gasteiger partial charge in [0.1, 0.15) is 5.78 Å². The largest absolute Gasteiger partial charge is 0.383 e. The highest BCUT2D eigenvalue weighted by molar-refractivity contribution is 5.81. The molecule has 0 spiro atoms. The summed E-state index contributed by atoms with van der Waals surface area (Å²) in [7, 11) is 1.61. The van der Waals surface area contributed by atoms with Crippen molar-refractivity contribution < 1.29 is 14.3 Å². The van der Waals surface area contributed by atoms with Gasteiger partial charge in [-0.2, -0.15) is 0 Å². The molecule has 110 valence electrons. The SMILES string of the molecule is COCCNC(=O)C(C)N1CCCCC1CC(C)=O. The lowest BCUT2D eigenvalue weighted by Gasteiger charge is -2.38. The van der Waals surface area contributed by atoms with Crippen molar-refractivity contribution in [2.24, 2.45) is 0 Å². The van der Waals surface area contributed by atoms with Gasteiger partial charge in [0.05, 0.1) is 12.6 Å². The lowest BCUT2D eigenvalue weighted by atomic mass is 9.96. The number of carbonyl (C=O) groups is 2. The Kier molecular flexibility index (Phi) is 7.02. The number of ketones is 1. The highest BCUT2D eigenvalue weighted by atomic mass is 16.5. The molecule has 5 heteroatoms. The summed E-state index contributed by atoms with van der Waals surface area (Å²) in [6.45, 7) is 5.49. The van der Waals surface area contributed by atoms with Crippen molar-refractivity contribution in [1.82, 2.24) is 10.2 Å². The van der Waals surface area contributed by atoms with Gasteiger partial charge in [0.25, 0.3) is 0 Å². The van der Waals surface area contributed by atoms with Crippen LogP contribution in [-0.4, -0.2) is 55.5 Å². The molecule has 0 aromatic carbocycles. The first-order valence-corrected chi connectivity index (χ1v) is 7.08. The van der Waals surface area contributed by atoms with Gasteiger partial charge >= 0.3 is 0 Å². The fourth-order valence-electron chi connectivity index (χ4n) is 2.66. The number of rotatable bonds is 7. The average Bonchev–Trinajstić information content (AvgIpc) is 2.38. The molecule has 1 N–H and O–H groups in total. The number of likely N-dealkylation sites (tertiary alicyclic amines) is 1. The molecule has 0 bridgehead atoms. The Morgan fingerprint density at radius 3 is 2.79 bits per heavy atom. The Morgan fingerprint density at radius 1 is 1.42 bits per heavy atom. The van der Waals surface area contributed by atoms with E-state index < -0.39 is 0 Å². The molecular weight excluding hydrogens is 244 g/mol. The lowest BCUT2D eigenvalue weighted by molar-refractivity contribution is -0.129. The number of nitrogens with one attached hydrogen (secondary N) is 1. The molecule has 1 aliphatic rings. The van der Waals surface area contributed by atoms with E-state index in [1.165, 1.54) is 0 Å². The number of piperidine rings is 1. The molecule has 0 aliphatic carbocycles. The molecule has 1 heterocycles. The van der Waals surface area contributed by atoms with Crippen LogP contribution in [0.4, 0.5) is 0 Å². The van der Waals surface area contributed by atoms with Crippen LogP contribution in [-0.2, 0) is 14.3 Å². The molecule has 0 radical (unpaired) electrons. The minimum Gasteiger partial charge on any atom is -0.383 e. The minimum atomic E-state index is -0.179. The Hall–Kier alpha value is -0.940. The van der Waals surface area contributed by atoms with E-state index in [-0.39, 0.29) is 23.8 Å². The molecular formula is C14H26N2O3. The van der Waals surface area contributed by atoms with E-state index in [2.05, 4.69) is 10.2 Å². The molecule has 1 amide bonds. The zero-order valence-electron chi connectivity index (χ0n) is 12.3. The number of amides is 1. The van der Waals surface area contributed by atoms with Crippen molar-refractivity contribution in [3.8, 4) is 0 Å². The quantitative estimate of drug-likeness (QED) is 0.700. The number of ether oxygens (including phenoxy) is 1. The van der Waals surface area contributed by atoms with E-state index in [1.807, 2.05) is 6.92 Å². The van der Waals surface area contributed by atoms with E-state index in [4.69, 9.17) is 4.74 Å². The van der Waals surface area contributed by atoms with Crippen molar-refractivity contribution in [2.45, 2.75) is 51.6 Å². The van der Waals surface area contributed by atoms with Gasteiger partial charge in [0, 0.05) is 26.1 Å². The van der Waals surface area contributed by atoms with Crippen LogP contribution in [0.3, 0.4) is 0 Å². The van der Waals surface area contributed by atoms with Gasteiger partial charge in [-0.3, -0.25) is 14.5 Å². The number of methoxy groups -OCH3 is 1. The number of carbonyl (C=O) groups excluding carboxylic acids is 2. The lowest BCUT2D eigenvalue weighted by Crippen LogP contribution is -2.52. The maximum Gasteiger partial charge on any atom is 0.237 e.